The molecule has 1 heterocycles. The van der Waals surface area contributed by atoms with Crippen LogP contribution in [0.15, 0.2) is 30.5 Å². The maximum Gasteiger partial charge on any atom is 0.132 e. The highest BCUT2D eigenvalue weighted by Gasteiger charge is 2.19. The van der Waals surface area contributed by atoms with Crippen molar-refractivity contribution in [2.24, 2.45) is 5.41 Å². The Morgan fingerprint density at radius 2 is 1.95 bits per heavy atom. The summed E-state index contributed by atoms with van der Waals surface area (Å²) in [6, 6.07) is 6.52. The van der Waals surface area contributed by atoms with Gasteiger partial charge in [-0.2, -0.15) is 0 Å². The van der Waals surface area contributed by atoms with Crippen LogP contribution < -0.4 is 4.74 Å². The van der Waals surface area contributed by atoms with E-state index in [1.54, 1.807) is 25.4 Å². The quantitative estimate of drug-likeness (QED) is 0.929. The fraction of sp³-hybridized carbons (Fsp3) is 0.389. The van der Waals surface area contributed by atoms with E-state index in [4.69, 9.17) is 4.74 Å². The first kappa shape index (κ1) is 16.4. The van der Waals surface area contributed by atoms with Crippen LogP contribution in [0.1, 0.15) is 31.9 Å². The Labute approximate surface area is 130 Å². The molecule has 0 saturated carbocycles. The Kier molecular flexibility index (Phi) is 4.81. The summed E-state index contributed by atoms with van der Waals surface area (Å²) in [4.78, 5) is 4.38. The van der Waals surface area contributed by atoms with Crippen LogP contribution in [0.5, 0.6) is 5.75 Å². The van der Waals surface area contributed by atoms with Crippen LogP contribution in [0, 0.1) is 11.2 Å². The zero-order valence-electron chi connectivity index (χ0n) is 13.5. The molecule has 0 saturated heterocycles. The van der Waals surface area contributed by atoms with Crippen molar-refractivity contribution < 1.29 is 14.2 Å². The summed E-state index contributed by atoms with van der Waals surface area (Å²) < 4.78 is 19.4. The lowest BCUT2D eigenvalue weighted by Crippen LogP contribution is -2.11. The van der Waals surface area contributed by atoms with Crippen LogP contribution in [0.25, 0.3) is 11.3 Å². The molecule has 0 unspecified atom stereocenters. The number of methoxy groups -OCH3 is 1. The number of hydrogen-bond acceptors (Lipinski definition) is 3. The van der Waals surface area contributed by atoms with Gasteiger partial charge in [-0.25, -0.2) is 4.39 Å². The predicted octanol–water partition coefficient (Wildman–Crippen LogP) is 3.98. The minimum atomic E-state index is -0.333. The number of ether oxygens (including phenoxy) is 1. The van der Waals surface area contributed by atoms with E-state index in [0.717, 1.165) is 17.5 Å². The predicted molar refractivity (Wildman–Crippen MR) is 85.3 cm³/mol. The number of pyridine rings is 1. The molecule has 22 heavy (non-hydrogen) atoms. The summed E-state index contributed by atoms with van der Waals surface area (Å²) in [6.45, 7) is 6.27. The molecule has 2 rings (SSSR count). The standard InChI is InChI=1S/C18H22FNO2/c1-18(2,3)9-13-7-12(11-21)10-20-17(13)15-8-14(22-4)5-6-16(15)19/h5-8,10,21H,9,11H2,1-4H3. The van der Waals surface area contributed by atoms with Crippen molar-refractivity contribution in [1.82, 2.24) is 4.98 Å². The number of aliphatic hydroxyl groups is 1. The van der Waals surface area contributed by atoms with Gasteiger partial charge < -0.3 is 9.84 Å². The van der Waals surface area contributed by atoms with Crippen molar-refractivity contribution in [1.29, 1.82) is 0 Å². The molecular formula is C18H22FNO2. The van der Waals surface area contributed by atoms with Crippen LogP contribution >= 0.6 is 0 Å². The third kappa shape index (κ3) is 3.83. The Balaban J connectivity index is 2.59. The SMILES string of the molecule is COc1ccc(F)c(-c2ncc(CO)cc2CC(C)(C)C)c1. The van der Waals surface area contributed by atoms with Gasteiger partial charge in [0, 0.05) is 11.8 Å². The number of hydrogen-bond donors (Lipinski definition) is 1. The van der Waals surface area contributed by atoms with E-state index in [1.807, 2.05) is 6.07 Å². The van der Waals surface area contributed by atoms with Gasteiger partial charge in [0.15, 0.2) is 0 Å². The highest BCUT2D eigenvalue weighted by molar-refractivity contribution is 5.66. The van der Waals surface area contributed by atoms with Gasteiger partial charge in [-0.1, -0.05) is 20.8 Å². The Hall–Kier alpha value is -1.94. The number of aliphatic hydroxyl groups excluding tert-OH is 1. The lowest BCUT2D eigenvalue weighted by molar-refractivity contribution is 0.281. The summed E-state index contributed by atoms with van der Waals surface area (Å²) in [5.41, 5.74) is 2.70. The topological polar surface area (TPSA) is 42.4 Å². The molecule has 1 aromatic heterocycles. The zero-order valence-corrected chi connectivity index (χ0v) is 13.5. The average Bonchev–Trinajstić information content (AvgIpc) is 2.46. The van der Waals surface area contributed by atoms with E-state index in [9.17, 15) is 9.50 Å². The van der Waals surface area contributed by atoms with Gasteiger partial charge in [0.1, 0.15) is 11.6 Å². The summed E-state index contributed by atoms with van der Waals surface area (Å²) in [5, 5.41) is 9.32. The van der Waals surface area contributed by atoms with Gasteiger partial charge in [-0.05, 0) is 47.2 Å². The smallest absolute Gasteiger partial charge is 0.132 e. The van der Waals surface area contributed by atoms with Gasteiger partial charge in [0.25, 0.3) is 0 Å². The molecule has 0 aliphatic carbocycles. The van der Waals surface area contributed by atoms with Gasteiger partial charge in [-0.15, -0.1) is 0 Å². The molecule has 2 aromatic rings. The molecule has 0 fully saturated rings. The second kappa shape index (κ2) is 6.44. The molecular weight excluding hydrogens is 281 g/mol. The van der Waals surface area contributed by atoms with Gasteiger partial charge in [-0.3, -0.25) is 4.98 Å². The van der Waals surface area contributed by atoms with Crippen molar-refractivity contribution in [3.8, 4) is 17.0 Å². The average molecular weight is 303 g/mol. The van der Waals surface area contributed by atoms with E-state index in [2.05, 4.69) is 25.8 Å². The van der Waals surface area contributed by atoms with E-state index in [1.165, 1.54) is 6.07 Å². The van der Waals surface area contributed by atoms with Crippen LogP contribution in [0.3, 0.4) is 0 Å². The minimum Gasteiger partial charge on any atom is -0.497 e. The molecule has 118 valence electrons. The fourth-order valence-electron chi connectivity index (χ4n) is 2.41. The number of aromatic nitrogens is 1. The second-order valence-corrected chi connectivity index (χ2v) is 6.59. The Bertz CT molecular complexity index is 663. The van der Waals surface area contributed by atoms with Crippen LogP contribution in [-0.4, -0.2) is 17.2 Å². The first-order valence-corrected chi connectivity index (χ1v) is 7.26. The van der Waals surface area contributed by atoms with Crippen molar-refractivity contribution in [3.63, 3.8) is 0 Å². The molecule has 0 aliphatic rings. The third-order valence-corrected chi connectivity index (χ3v) is 3.36. The molecule has 0 aliphatic heterocycles. The molecule has 1 aromatic carbocycles. The van der Waals surface area contributed by atoms with Crippen molar-refractivity contribution in [3.05, 3.63) is 47.4 Å². The van der Waals surface area contributed by atoms with Gasteiger partial charge in [0.2, 0.25) is 0 Å². The normalized spacial score (nSPS) is 11.5. The molecule has 0 atom stereocenters. The number of nitrogens with zero attached hydrogens (tertiary/aromatic N) is 1. The highest BCUT2D eigenvalue weighted by atomic mass is 19.1. The Morgan fingerprint density at radius 3 is 2.55 bits per heavy atom. The summed E-state index contributed by atoms with van der Waals surface area (Å²) in [7, 11) is 1.55. The maximum absolute atomic E-state index is 14.2. The monoisotopic (exact) mass is 303 g/mol. The first-order chi connectivity index (χ1) is 10.3. The van der Waals surface area contributed by atoms with E-state index >= 15 is 0 Å². The third-order valence-electron chi connectivity index (χ3n) is 3.36. The van der Waals surface area contributed by atoms with Crippen molar-refractivity contribution >= 4 is 0 Å². The van der Waals surface area contributed by atoms with E-state index in [-0.39, 0.29) is 17.8 Å². The van der Waals surface area contributed by atoms with Crippen LogP contribution in [-0.2, 0) is 13.0 Å². The summed E-state index contributed by atoms with van der Waals surface area (Å²) >= 11 is 0. The first-order valence-electron chi connectivity index (χ1n) is 7.26. The molecule has 0 spiro atoms. The molecule has 0 amide bonds. The van der Waals surface area contributed by atoms with E-state index < -0.39 is 0 Å². The summed E-state index contributed by atoms with van der Waals surface area (Å²) in [5.74, 6) is 0.256. The molecule has 1 N–H and O–H groups in total. The molecule has 3 nitrogen and oxygen atoms in total. The largest absolute Gasteiger partial charge is 0.497 e. The Morgan fingerprint density at radius 1 is 1.23 bits per heavy atom. The fourth-order valence-corrected chi connectivity index (χ4v) is 2.41. The number of halogens is 1. The summed E-state index contributed by atoms with van der Waals surface area (Å²) in [6.07, 6.45) is 2.32. The number of benzene rings is 1. The van der Waals surface area contributed by atoms with Crippen LogP contribution in [0.2, 0.25) is 0 Å². The number of rotatable bonds is 4. The van der Waals surface area contributed by atoms with Gasteiger partial charge in [0.05, 0.1) is 19.4 Å². The molecule has 0 radical (unpaired) electrons. The lowest BCUT2D eigenvalue weighted by Gasteiger charge is -2.21. The highest BCUT2D eigenvalue weighted by Crippen LogP contribution is 2.32. The minimum absolute atomic E-state index is 0.0276. The van der Waals surface area contributed by atoms with E-state index in [0.29, 0.717) is 17.0 Å². The maximum atomic E-state index is 14.2. The second-order valence-electron chi connectivity index (χ2n) is 6.59. The van der Waals surface area contributed by atoms with Gasteiger partial charge >= 0.3 is 0 Å². The van der Waals surface area contributed by atoms with Crippen molar-refractivity contribution in [2.75, 3.05) is 7.11 Å². The zero-order chi connectivity index (χ0) is 16.3. The molecule has 0 bridgehead atoms. The lowest BCUT2D eigenvalue weighted by atomic mass is 9.86. The van der Waals surface area contributed by atoms with Crippen molar-refractivity contribution in [2.45, 2.75) is 33.8 Å². The molecule has 4 heteroatoms. The van der Waals surface area contributed by atoms with Crippen LogP contribution in [0.4, 0.5) is 4.39 Å².